The van der Waals surface area contributed by atoms with Crippen LogP contribution < -0.4 is 11.1 Å². The number of benzene rings is 1. The fourth-order valence-electron chi connectivity index (χ4n) is 1.31. The smallest absolute Gasteiger partial charge is 0.230 e. The van der Waals surface area contributed by atoms with Gasteiger partial charge in [0.2, 0.25) is 5.91 Å². The topological polar surface area (TPSA) is 55.1 Å². The lowest BCUT2D eigenvalue weighted by Gasteiger charge is -2.08. The zero-order valence-electron chi connectivity index (χ0n) is 10.00. The first-order valence-corrected chi connectivity index (χ1v) is 6.47. The minimum absolute atomic E-state index is 0.0897. The molecule has 0 aliphatic heterocycles. The zero-order chi connectivity index (χ0) is 12.8. The Bertz CT molecular complexity index is 396. The van der Waals surface area contributed by atoms with Crippen LogP contribution in [0.5, 0.6) is 0 Å². The summed E-state index contributed by atoms with van der Waals surface area (Å²) in [6.07, 6.45) is 0. The predicted octanol–water partition coefficient (Wildman–Crippen LogP) is 2.07. The van der Waals surface area contributed by atoms with E-state index in [1.165, 1.54) is 17.8 Å². The molecule has 0 saturated heterocycles. The zero-order valence-corrected chi connectivity index (χ0v) is 10.8. The first-order chi connectivity index (χ1) is 8.04. The number of halogens is 1. The lowest BCUT2D eigenvalue weighted by Crippen LogP contribution is -2.24. The van der Waals surface area contributed by atoms with Crippen LogP contribution in [0.15, 0.2) is 23.1 Å². The van der Waals surface area contributed by atoms with Crippen molar-refractivity contribution in [2.45, 2.75) is 24.8 Å². The summed E-state index contributed by atoms with van der Waals surface area (Å²) in [4.78, 5) is 11.7. The number of rotatable bonds is 5. The standard InChI is InChI=1S/C12H17FN2OS/c1-3-15-12(16)7-17-11-5-4-9(8(2)14)6-10(11)13/h4-6,8H,3,7,14H2,1-2H3,(H,15,16)/t8-/m0/s1. The Hall–Kier alpha value is -1.07. The molecule has 0 saturated carbocycles. The summed E-state index contributed by atoms with van der Waals surface area (Å²) in [6.45, 7) is 4.24. The number of amides is 1. The molecule has 17 heavy (non-hydrogen) atoms. The molecular weight excluding hydrogens is 239 g/mol. The summed E-state index contributed by atoms with van der Waals surface area (Å²) in [6, 6.07) is 4.68. The van der Waals surface area contributed by atoms with Crippen molar-refractivity contribution >= 4 is 17.7 Å². The van der Waals surface area contributed by atoms with E-state index in [4.69, 9.17) is 5.73 Å². The van der Waals surface area contributed by atoms with E-state index in [2.05, 4.69) is 5.32 Å². The normalized spacial score (nSPS) is 12.2. The molecule has 3 nitrogen and oxygen atoms in total. The van der Waals surface area contributed by atoms with E-state index in [9.17, 15) is 9.18 Å². The molecule has 5 heteroatoms. The molecule has 3 N–H and O–H groups in total. The lowest BCUT2D eigenvalue weighted by molar-refractivity contribution is -0.118. The van der Waals surface area contributed by atoms with Crippen molar-refractivity contribution in [2.75, 3.05) is 12.3 Å². The van der Waals surface area contributed by atoms with Crippen LogP contribution in [-0.4, -0.2) is 18.2 Å². The minimum Gasteiger partial charge on any atom is -0.356 e. The summed E-state index contributed by atoms with van der Waals surface area (Å²) in [5.41, 5.74) is 6.41. The van der Waals surface area contributed by atoms with Gasteiger partial charge in [-0.25, -0.2) is 4.39 Å². The van der Waals surface area contributed by atoms with Crippen LogP contribution in [0.1, 0.15) is 25.5 Å². The van der Waals surface area contributed by atoms with E-state index in [1.54, 1.807) is 19.1 Å². The fourth-order valence-corrected chi connectivity index (χ4v) is 2.06. The molecule has 1 aromatic carbocycles. The highest BCUT2D eigenvalue weighted by atomic mass is 32.2. The third kappa shape index (κ3) is 4.36. The Kier molecular flexibility index (Phi) is 5.44. The van der Waals surface area contributed by atoms with Crippen molar-refractivity contribution in [1.82, 2.24) is 5.32 Å². The average molecular weight is 256 g/mol. The van der Waals surface area contributed by atoms with Crippen molar-refractivity contribution in [2.24, 2.45) is 5.73 Å². The molecule has 0 fully saturated rings. The molecule has 0 heterocycles. The monoisotopic (exact) mass is 256 g/mol. The number of nitrogens with two attached hydrogens (primary N) is 1. The second-order valence-corrected chi connectivity index (χ2v) is 4.74. The molecule has 0 unspecified atom stereocenters. The van der Waals surface area contributed by atoms with E-state index in [0.29, 0.717) is 11.4 Å². The number of carbonyl (C=O) groups excluding carboxylic acids is 1. The Morgan fingerprint density at radius 3 is 2.82 bits per heavy atom. The van der Waals surface area contributed by atoms with Crippen LogP contribution in [0, 0.1) is 5.82 Å². The molecule has 0 spiro atoms. The maximum Gasteiger partial charge on any atom is 0.230 e. The van der Waals surface area contributed by atoms with Crippen molar-refractivity contribution in [1.29, 1.82) is 0 Å². The van der Waals surface area contributed by atoms with Gasteiger partial charge < -0.3 is 11.1 Å². The van der Waals surface area contributed by atoms with Crippen molar-refractivity contribution in [3.63, 3.8) is 0 Å². The molecule has 0 aliphatic rings. The largest absolute Gasteiger partial charge is 0.356 e. The van der Waals surface area contributed by atoms with Gasteiger partial charge in [0.15, 0.2) is 0 Å². The van der Waals surface area contributed by atoms with Gasteiger partial charge in [-0.1, -0.05) is 6.07 Å². The molecule has 0 aliphatic carbocycles. The molecule has 0 bridgehead atoms. The molecule has 1 atom stereocenters. The van der Waals surface area contributed by atoms with E-state index >= 15 is 0 Å². The van der Waals surface area contributed by atoms with Gasteiger partial charge in [-0.15, -0.1) is 11.8 Å². The Morgan fingerprint density at radius 2 is 2.29 bits per heavy atom. The number of hydrogen-bond acceptors (Lipinski definition) is 3. The summed E-state index contributed by atoms with van der Waals surface area (Å²) < 4.78 is 13.6. The van der Waals surface area contributed by atoms with Gasteiger partial charge in [0, 0.05) is 17.5 Å². The average Bonchev–Trinajstić information content (AvgIpc) is 2.27. The summed E-state index contributed by atoms with van der Waals surface area (Å²) in [7, 11) is 0. The predicted molar refractivity (Wildman–Crippen MR) is 68.4 cm³/mol. The Morgan fingerprint density at radius 1 is 1.59 bits per heavy atom. The number of hydrogen-bond donors (Lipinski definition) is 2. The van der Waals surface area contributed by atoms with E-state index in [0.717, 1.165) is 5.56 Å². The first kappa shape index (κ1) is 14.0. The van der Waals surface area contributed by atoms with Gasteiger partial charge in [0.1, 0.15) is 5.82 Å². The Labute approximate surface area is 105 Å². The number of carbonyl (C=O) groups is 1. The highest BCUT2D eigenvalue weighted by molar-refractivity contribution is 8.00. The highest BCUT2D eigenvalue weighted by Gasteiger charge is 2.08. The van der Waals surface area contributed by atoms with Gasteiger partial charge in [-0.3, -0.25) is 4.79 Å². The molecule has 1 amide bonds. The molecule has 0 radical (unpaired) electrons. The quantitative estimate of drug-likeness (QED) is 0.793. The second-order valence-electron chi connectivity index (χ2n) is 3.72. The molecule has 94 valence electrons. The van der Waals surface area contributed by atoms with E-state index in [-0.39, 0.29) is 23.5 Å². The first-order valence-electron chi connectivity index (χ1n) is 5.49. The molecular formula is C12H17FN2OS. The lowest BCUT2D eigenvalue weighted by atomic mass is 10.1. The molecule has 0 aromatic heterocycles. The maximum absolute atomic E-state index is 13.6. The molecule has 1 aromatic rings. The van der Waals surface area contributed by atoms with Gasteiger partial charge in [-0.2, -0.15) is 0 Å². The van der Waals surface area contributed by atoms with E-state index < -0.39 is 0 Å². The van der Waals surface area contributed by atoms with Gasteiger partial charge in [0.05, 0.1) is 5.75 Å². The summed E-state index contributed by atoms with van der Waals surface area (Å²) in [5.74, 6) is -0.190. The summed E-state index contributed by atoms with van der Waals surface area (Å²) >= 11 is 1.19. The van der Waals surface area contributed by atoms with Crippen LogP contribution in [-0.2, 0) is 4.79 Å². The van der Waals surface area contributed by atoms with Crippen LogP contribution in [0.4, 0.5) is 4.39 Å². The summed E-state index contributed by atoms with van der Waals surface area (Å²) in [5, 5.41) is 2.66. The van der Waals surface area contributed by atoms with Crippen LogP contribution >= 0.6 is 11.8 Å². The highest BCUT2D eigenvalue weighted by Crippen LogP contribution is 2.24. The SMILES string of the molecule is CCNC(=O)CSc1ccc([C@H](C)N)cc1F. The Balaban J connectivity index is 2.63. The fraction of sp³-hybridized carbons (Fsp3) is 0.417. The van der Waals surface area contributed by atoms with E-state index in [1.807, 2.05) is 6.92 Å². The van der Waals surface area contributed by atoms with Crippen molar-refractivity contribution < 1.29 is 9.18 Å². The van der Waals surface area contributed by atoms with Gasteiger partial charge >= 0.3 is 0 Å². The molecule has 1 rings (SSSR count). The third-order valence-electron chi connectivity index (χ3n) is 2.21. The van der Waals surface area contributed by atoms with Crippen LogP contribution in [0.3, 0.4) is 0 Å². The van der Waals surface area contributed by atoms with Gasteiger partial charge in [-0.05, 0) is 31.5 Å². The number of thioether (sulfide) groups is 1. The van der Waals surface area contributed by atoms with Crippen molar-refractivity contribution in [3.8, 4) is 0 Å². The maximum atomic E-state index is 13.6. The van der Waals surface area contributed by atoms with Crippen molar-refractivity contribution in [3.05, 3.63) is 29.6 Å². The van der Waals surface area contributed by atoms with Crippen LogP contribution in [0.25, 0.3) is 0 Å². The number of nitrogens with one attached hydrogen (secondary N) is 1. The van der Waals surface area contributed by atoms with Gasteiger partial charge in [0.25, 0.3) is 0 Å². The minimum atomic E-state index is -0.325. The van der Waals surface area contributed by atoms with Crippen LogP contribution in [0.2, 0.25) is 0 Å². The second kappa shape index (κ2) is 6.61. The third-order valence-corrected chi connectivity index (χ3v) is 3.26.